The molecule has 0 unspecified atom stereocenters. The minimum atomic E-state index is 0.279. The molecule has 5 nitrogen and oxygen atoms in total. The van der Waals surface area contributed by atoms with Crippen LogP contribution in [0.5, 0.6) is 0 Å². The van der Waals surface area contributed by atoms with Crippen LogP contribution in [-0.4, -0.2) is 25.2 Å². The van der Waals surface area contributed by atoms with E-state index in [-0.39, 0.29) is 5.69 Å². The molecule has 1 aliphatic rings. The van der Waals surface area contributed by atoms with Crippen molar-refractivity contribution in [3.63, 3.8) is 0 Å². The lowest BCUT2D eigenvalue weighted by Gasteiger charge is -2.16. The topological polar surface area (TPSA) is 84.0 Å². The van der Waals surface area contributed by atoms with Crippen molar-refractivity contribution in [2.45, 2.75) is 19.3 Å². The number of hydrogen-bond acceptors (Lipinski definition) is 5. The Morgan fingerprint density at radius 1 is 1.56 bits per heavy atom. The Bertz CT molecular complexity index is 463. The lowest BCUT2D eigenvalue weighted by atomic mass is 10.0. The van der Waals surface area contributed by atoms with Gasteiger partial charge in [-0.25, -0.2) is 4.98 Å². The van der Waals surface area contributed by atoms with E-state index in [1.807, 2.05) is 12.1 Å². The number of nitriles is 1. The number of anilines is 2. The number of aromatic nitrogens is 1. The molecule has 0 radical (unpaired) electrons. The van der Waals surface area contributed by atoms with Crippen LogP contribution >= 0.6 is 0 Å². The molecule has 1 heterocycles. The number of pyridine rings is 1. The summed E-state index contributed by atoms with van der Waals surface area (Å²) in [5, 5.41) is 12.1. The second-order valence-electron chi connectivity index (χ2n) is 4.84. The number of nitrogen functional groups attached to an aromatic ring is 1. The average Bonchev–Trinajstić information content (AvgIpc) is 3.16. The van der Waals surface area contributed by atoms with E-state index >= 15 is 0 Å². The molecule has 96 valence electrons. The summed E-state index contributed by atoms with van der Waals surface area (Å²) in [5.41, 5.74) is 6.68. The fourth-order valence-electron chi connectivity index (χ4n) is 1.95. The van der Waals surface area contributed by atoms with Crippen LogP contribution in [0.25, 0.3) is 0 Å². The third kappa shape index (κ3) is 2.90. The Morgan fingerprint density at radius 2 is 2.33 bits per heavy atom. The highest BCUT2D eigenvalue weighted by Gasteiger charge is 2.41. The minimum Gasteiger partial charge on any atom is -0.396 e. The van der Waals surface area contributed by atoms with Crippen LogP contribution in [0, 0.1) is 16.7 Å². The standard InChI is InChI=1S/C13H18N4O/c1-18-7-6-13(4-5-13)9-16-12-3-2-10(15)11(8-14)17-12/h2-3H,4-7,9,15H2,1H3,(H,16,17). The molecule has 0 saturated heterocycles. The monoisotopic (exact) mass is 246 g/mol. The number of rotatable bonds is 6. The average molecular weight is 246 g/mol. The van der Waals surface area contributed by atoms with Crippen molar-refractivity contribution >= 4 is 11.5 Å². The van der Waals surface area contributed by atoms with E-state index in [0.717, 1.165) is 19.6 Å². The SMILES string of the molecule is COCCC1(CNc2ccc(N)c(C#N)n2)CC1. The number of methoxy groups -OCH3 is 1. The number of hydrogen-bond donors (Lipinski definition) is 2. The van der Waals surface area contributed by atoms with Gasteiger partial charge in [0.2, 0.25) is 0 Å². The first-order valence-corrected chi connectivity index (χ1v) is 6.08. The van der Waals surface area contributed by atoms with Crippen LogP contribution in [0.15, 0.2) is 12.1 Å². The second kappa shape index (κ2) is 5.23. The molecule has 0 aromatic carbocycles. The molecule has 0 spiro atoms. The highest BCUT2D eigenvalue weighted by molar-refractivity contribution is 5.54. The molecule has 2 rings (SSSR count). The minimum absolute atomic E-state index is 0.279. The Labute approximate surface area is 107 Å². The molecule has 1 saturated carbocycles. The summed E-state index contributed by atoms with van der Waals surface area (Å²) >= 11 is 0. The first kappa shape index (κ1) is 12.7. The van der Waals surface area contributed by atoms with Crippen LogP contribution in [0.1, 0.15) is 25.0 Å². The second-order valence-corrected chi connectivity index (χ2v) is 4.84. The molecule has 18 heavy (non-hydrogen) atoms. The number of nitrogens with one attached hydrogen (secondary N) is 1. The number of ether oxygens (including phenoxy) is 1. The first-order valence-electron chi connectivity index (χ1n) is 6.08. The lowest BCUT2D eigenvalue weighted by molar-refractivity contribution is 0.175. The fraction of sp³-hybridized carbons (Fsp3) is 0.538. The summed E-state index contributed by atoms with van der Waals surface area (Å²) in [6.07, 6.45) is 3.52. The predicted molar refractivity (Wildman–Crippen MR) is 70.0 cm³/mol. The Kier molecular flexibility index (Phi) is 3.68. The third-order valence-corrected chi connectivity index (χ3v) is 3.47. The van der Waals surface area contributed by atoms with Gasteiger partial charge in [0.15, 0.2) is 5.69 Å². The van der Waals surface area contributed by atoms with Gasteiger partial charge >= 0.3 is 0 Å². The molecular weight excluding hydrogens is 228 g/mol. The molecule has 1 aromatic heterocycles. The zero-order valence-electron chi connectivity index (χ0n) is 10.6. The molecule has 5 heteroatoms. The van der Waals surface area contributed by atoms with E-state index in [9.17, 15) is 0 Å². The smallest absolute Gasteiger partial charge is 0.165 e. The third-order valence-electron chi connectivity index (χ3n) is 3.47. The van der Waals surface area contributed by atoms with Gasteiger partial charge in [-0.15, -0.1) is 0 Å². The maximum absolute atomic E-state index is 8.86. The van der Waals surface area contributed by atoms with Crippen molar-refractivity contribution in [3.05, 3.63) is 17.8 Å². The fourth-order valence-corrected chi connectivity index (χ4v) is 1.95. The molecule has 3 N–H and O–H groups in total. The van der Waals surface area contributed by atoms with Crippen LogP contribution in [0.2, 0.25) is 0 Å². The maximum atomic E-state index is 8.86. The zero-order valence-corrected chi connectivity index (χ0v) is 10.6. The van der Waals surface area contributed by atoms with Crippen molar-refractivity contribution in [2.24, 2.45) is 5.41 Å². The van der Waals surface area contributed by atoms with Gasteiger partial charge in [0, 0.05) is 20.3 Å². The summed E-state index contributed by atoms with van der Waals surface area (Å²) in [4.78, 5) is 4.17. The van der Waals surface area contributed by atoms with Gasteiger partial charge in [0.25, 0.3) is 0 Å². The van der Waals surface area contributed by atoms with E-state index in [0.29, 0.717) is 16.9 Å². The van der Waals surface area contributed by atoms with Gasteiger partial charge in [-0.1, -0.05) is 0 Å². The van der Waals surface area contributed by atoms with Gasteiger partial charge in [-0.3, -0.25) is 0 Å². The van der Waals surface area contributed by atoms with Crippen molar-refractivity contribution in [1.29, 1.82) is 5.26 Å². The van der Waals surface area contributed by atoms with Crippen molar-refractivity contribution in [3.8, 4) is 6.07 Å². The van der Waals surface area contributed by atoms with Crippen LogP contribution < -0.4 is 11.1 Å². The summed E-state index contributed by atoms with van der Waals surface area (Å²) in [5.74, 6) is 0.712. The van der Waals surface area contributed by atoms with Gasteiger partial charge in [-0.05, 0) is 36.8 Å². The van der Waals surface area contributed by atoms with Gasteiger partial charge < -0.3 is 15.8 Å². The van der Waals surface area contributed by atoms with E-state index in [2.05, 4.69) is 10.3 Å². The summed E-state index contributed by atoms with van der Waals surface area (Å²) in [7, 11) is 1.73. The van der Waals surface area contributed by atoms with Gasteiger partial charge in [0.05, 0.1) is 5.69 Å². The number of nitrogens with two attached hydrogens (primary N) is 1. The maximum Gasteiger partial charge on any atom is 0.165 e. The van der Waals surface area contributed by atoms with E-state index in [4.69, 9.17) is 15.7 Å². The highest BCUT2D eigenvalue weighted by Crippen LogP contribution is 2.48. The van der Waals surface area contributed by atoms with Crippen LogP contribution in [0.4, 0.5) is 11.5 Å². The van der Waals surface area contributed by atoms with Crippen molar-refractivity contribution in [2.75, 3.05) is 31.3 Å². The summed E-state index contributed by atoms with van der Waals surface area (Å²) < 4.78 is 5.12. The molecule has 1 aliphatic carbocycles. The Hall–Kier alpha value is -1.80. The highest BCUT2D eigenvalue weighted by atomic mass is 16.5. The lowest BCUT2D eigenvalue weighted by Crippen LogP contribution is -2.18. The normalized spacial score (nSPS) is 16.0. The van der Waals surface area contributed by atoms with E-state index in [1.54, 1.807) is 13.2 Å². The summed E-state index contributed by atoms with van der Waals surface area (Å²) in [6, 6.07) is 5.51. The Balaban J connectivity index is 1.93. The predicted octanol–water partition coefficient (Wildman–Crippen LogP) is 1.76. The first-order chi connectivity index (χ1) is 8.69. The van der Waals surface area contributed by atoms with Gasteiger partial charge in [0.1, 0.15) is 11.9 Å². The zero-order chi connectivity index (χ0) is 13.0. The van der Waals surface area contributed by atoms with Crippen molar-refractivity contribution in [1.82, 2.24) is 4.98 Å². The summed E-state index contributed by atoms with van der Waals surface area (Å²) in [6.45, 7) is 1.67. The molecule has 1 fully saturated rings. The molecular formula is C13H18N4O. The molecule has 0 bridgehead atoms. The van der Waals surface area contributed by atoms with Crippen LogP contribution in [0.3, 0.4) is 0 Å². The van der Waals surface area contributed by atoms with E-state index < -0.39 is 0 Å². The molecule has 0 aliphatic heterocycles. The van der Waals surface area contributed by atoms with E-state index in [1.165, 1.54) is 12.8 Å². The van der Waals surface area contributed by atoms with Gasteiger partial charge in [-0.2, -0.15) is 5.26 Å². The van der Waals surface area contributed by atoms with Crippen molar-refractivity contribution < 1.29 is 4.74 Å². The molecule has 0 amide bonds. The largest absolute Gasteiger partial charge is 0.396 e. The molecule has 1 aromatic rings. The quantitative estimate of drug-likeness (QED) is 0.799. The Morgan fingerprint density at radius 3 is 2.94 bits per heavy atom. The molecule has 0 atom stereocenters. The van der Waals surface area contributed by atoms with Crippen LogP contribution in [-0.2, 0) is 4.74 Å². The number of nitrogens with zero attached hydrogens (tertiary/aromatic N) is 2.